The average Bonchev–Trinajstić information content (AvgIpc) is 2.75. The Bertz CT molecular complexity index is 865. The number of ether oxygens (including phenoxy) is 1. The van der Waals surface area contributed by atoms with Crippen LogP contribution in [0.4, 0.5) is 0 Å². The van der Waals surface area contributed by atoms with E-state index in [0.29, 0.717) is 33.8 Å². The number of hydrogen-bond acceptors (Lipinski definition) is 3. The summed E-state index contributed by atoms with van der Waals surface area (Å²) in [6.07, 6.45) is 0.925. The molecule has 0 aliphatic carbocycles. The summed E-state index contributed by atoms with van der Waals surface area (Å²) >= 11 is 12.6. The molecule has 2 amide bonds. The first kappa shape index (κ1) is 25.0. The summed E-state index contributed by atoms with van der Waals surface area (Å²) < 4.78 is 5.69. The molecular weight excluding hydrogens is 435 g/mol. The van der Waals surface area contributed by atoms with Gasteiger partial charge < -0.3 is 15.0 Å². The molecule has 7 heteroatoms. The van der Waals surface area contributed by atoms with E-state index in [1.807, 2.05) is 38.1 Å². The van der Waals surface area contributed by atoms with Crippen LogP contribution in [0.25, 0.3) is 0 Å². The van der Waals surface area contributed by atoms with E-state index in [4.69, 9.17) is 27.9 Å². The second-order valence-electron chi connectivity index (χ2n) is 7.82. The zero-order valence-electron chi connectivity index (χ0n) is 18.5. The van der Waals surface area contributed by atoms with Gasteiger partial charge in [0.05, 0.1) is 0 Å². The SMILES string of the molecule is CCc1ccc(OCC(=O)N(Cc2c(Cl)cccc2Cl)[C@H](C)C(=O)NCC(C)C)cc1. The lowest BCUT2D eigenvalue weighted by Gasteiger charge is -2.29. The van der Waals surface area contributed by atoms with Crippen molar-refractivity contribution in [2.24, 2.45) is 5.92 Å². The van der Waals surface area contributed by atoms with Crippen LogP contribution in [0.1, 0.15) is 38.8 Å². The van der Waals surface area contributed by atoms with E-state index >= 15 is 0 Å². The van der Waals surface area contributed by atoms with Gasteiger partial charge in [-0.15, -0.1) is 0 Å². The van der Waals surface area contributed by atoms with Gasteiger partial charge in [-0.25, -0.2) is 0 Å². The van der Waals surface area contributed by atoms with Gasteiger partial charge in [-0.2, -0.15) is 0 Å². The first-order valence-electron chi connectivity index (χ1n) is 10.4. The van der Waals surface area contributed by atoms with Gasteiger partial charge in [0.1, 0.15) is 11.8 Å². The summed E-state index contributed by atoms with van der Waals surface area (Å²) in [5.74, 6) is 0.325. The van der Waals surface area contributed by atoms with E-state index in [1.165, 1.54) is 10.5 Å². The van der Waals surface area contributed by atoms with Crippen LogP contribution in [0.2, 0.25) is 10.0 Å². The Morgan fingerprint density at radius 2 is 1.65 bits per heavy atom. The maximum Gasteiger partial charge on any atom is 0.261 e. The number of rotatable bonds is 10. The predicted molar refractivity (Wildman–Crippen MR) is 126 cm³/mol. The van der Waals surface area contributed by atoms with Crippen LogP contribution in [-0.4, -0.2) is 35.9 Å². The van der Waals surface area contributed by atoms with Crippen molar-refractivity contribution in [1.82, 2.24) is 10.2 Å². The highest BCUT2D eigenvalue weighted by Crippen LogP contribution is 2.26. The molecule has 5 nitrogen and oxygen atoms in total. The monoisotopic (exact) mass is 464 g/mol. The van der Waals surface area contributed by atoms with Gasteiger partial charge in [0.2, 0.25) is 5.91 Å². The fourth-order valence-corrected chi connectivity index (χ4v) is 3.46. The maximum absolute atomic E-state index is 13.1. The number of carbonyl (C=O) groups excluding carboxylic acids is 2. The van der Waals surface area contributed by atoms with E-state index in [1.54, 1.807) is 25.1 Å². The summed E-state index contributed by atoms with van der Waals surface area (Å²) in [5.41, 5.74) is 1.78. The summed E-state index contributed by atoms with van der Waals surface area (Å²) in [5, 5.41) is 3.76. The smallest absolute Gasteiger partial charge is 0.261 e. The second-order valence-corrected chi connectivity index (χ2v) is 8.64. The summed E-state index contributed by atoms with van der Waals surface area (Å²) in [6.45, 7) is 8.21. The van der Waals surface area contributed by atoms with E-state index in [-0.39, 0.29) is 25.0 Å². The molecule has 2 aromatic carbocycles. The Morgan fingerprint density at radius 3 is 2.19 bits per heavy atom. The fraction of sp³-hybridized carbons (Fsp3) is 0.417. The number of amides is 2. The molecule has 0 saturated heterocycles. The van der Waals surface area contributed by atoms with Gasteiger partial charge in [0, 0.05) is 28.7 Å². The van der Waals surface area contributed by atoms with Crippen LogP contribution in [0.5, 0.6) is 5.75 Å². The van der Waals surface area contributed by atoms with E-state index < -0.39 is 6.04 Å². The summed E-state index contributed by atoms with van der Waals surface area (Å²) in [7, 11) is 0. The van der Waals surface area contributed by atoms with Crippen LogP contribution in [0, 0.1) is 5.92 Å². The molecule has 0 fully saturated rings. The number of nitrogens with one attached hydrogen (secondary N) is 1. The number of nitrogens with zero attached hydrogens (tertiary/aromatic N) is 1. The standard InChI is InChI=1S/C24H30Cl2N2O3/c1-5-18-9-11-19(12-10-18)31-15-23(29)28(17(4)24(30)27-13-16(2)3)14-20-21(25)7-6-8-22(20)26/h6-12,16-17H,5,13-15H2,1-4H3,(H,27,30)/t17-/m1/s1. The largest absolute Gasteiger partial charge is 0.484 e. The molecule has 1 atom stereocenters. The van der Waals surface area contributed by atoms with Crippen molar-refractivity contribution < 1.29 is 14.3 Å². The lowest BCUT2D eigenvalue weighted by atomic mass is 10.1. The third-order valence-electron chi connectivity index (χ3n) is 4.94. The number of aryl methyl sites for hydroxylation is 1. The van der Waals surface area contributed by atoms with Gasteiger partial charge in [-0.1, -0.05) is 62.2 Å². The summed E-state index contributed by atoms with van der Waals surface area (Å²) in [6, 6.07) is 12.0. The third-order valence-corrected chi connectivity index (χ3v) is 5.64. The lowest BCUT2D eigenvalue weighted by molar-refractivity contribution is -0.142. The van der Waals surface area contributed by atoms with Crippen molar-refractivity contribution in [2.75, 3.05) is 13.2 Å². The Balaban J connectivity index is 2.18. The van der Waals surface area contributed by atoms with Crippen LogP contribution >= 0.6 is 23.2 Å². The zero-order chi connectivity index (χ0) is 23.0. The first-order chi connectivity index (χ1) is 14.7. The normalized spacial score (nSPS) is 11.8. The molecular formula is C24H30Cl2N2O3. The van der Waals surface area contributed by atoms with Crippen molar-refractivity contribution >= 4 is 35.0 Å². The predicted octanol–water partition coefficient (Wildman–Crippen LogP) is 5.12. The van der Waals surface area contributed by atoms with E-state index in [9.17, 15) is 9.59 Å². The van der Waals surface area contributed by atoms with Crippen LogP contribution in [-0.2, 0) is 22.6 Å². The van der Waals surface area contributed by atoms with Gasteiger partial charge in [0.25, 0.3) is 5.91 Å². The minimum Gasteiger partial charge on any atom is -0.484 e. The van der Waals surface area contributed by atoms with Crippen molar-refractivity contribution in [2.45, 2.75) is 46.7 Å². The van der Waals surface area contributed by atoms with Gasteiger partial charge in [-0.3, -0.25) is 9.59 Å². The summed E-state index contributed by atoms with van der Waals surface area (Å²) in [4.78, 5) is 27.2. The van der Waals surface area contributed by atoms with Crippen molar-refractivity contribution in [1.29, 1.82) is 0 Å². The number of carbonyl (C=O) groups is 2. The molecule has 0 aromatic heterocycles. The Kier molecular flexibility index (Phi) is 9.66. The highest BCUT2D eigenvalue weighted by molar-refractivity contribution is 6.36. The van der Waals surface area contributed by atoms with Crippen molar-refractivity contribution in [3.8, 4) is 5.75 Å². The zero-order valence-corrected chi connectivity index (χ0v) is 20.0. The van der Waals surface area contributed by atoms with Crippen LogP contribution < -0.4 is 10.1 Å². The molecule has 0 spiro atoms. The van der Waals surface area contributed by atoms with Gasteiger partial charge in [-0.05, 0) is 49.1 Å². The molecule has 0 aliphatic heterocycles. The van der Waals surface area contributed by atoms with Crippen molar-refractivity contribution in [3.63, 3.8) is 0 Å². The van der Waals surface area contributed by atoms with E-state index in [2.05, 4.69) is 12.2 Å². The molecule has 168 valence electrons. The molecule has 0 unspecified atom stereocenters. The molecule has 0 saturated carbocycles. The lowest BCUT2D eigenvalue weighted by Crippen LogP contribution is -2.49. The average molecular weight is 465 g/mol. The third kappa shape index (κ3) is 7.44. The minimum atomic E-state index is -0.718. The van der Waals surface area contributed by atoms with Gasteiger partial charge >= 0.3 is 0 Å². The van der Waals surface area contributed by atoms with Crippen molar-refractivity contribution in [3.05, 3.63) is 63.6 Å². The molecule has 1 N–H and O–H groups in total. The Labute approximate surface area is 194 Å². The number of benzene rings is 2. The Hall–Kier alpha value is -2.24. The molecule has 31 heavy (non-hydrogen) atoms. The fourth-order valence-electron chi connectivity index (χ4n) is 2.94. The highest BCUT2D eigenvalue weighted by Gasteiger charge is 2.27. The first-order valence-corrected chi connectivity index (χ1v) is 11.2. The second kappa shape index (κ2) is 12.0. The molecule has 2 rings (SSSR count). The van der Waals surface area contributed by atoms with E-state index in [0.717, 1.165) is 6.42 Å². The molecule has 0 radical (unpaired) electrons. The molecule has 0 bridgehead atoms. The van der Waals surface area contributed by atoms with Crippen LogP contribution in [0.3, 0.4) is 0 Å². The topological polar surface area (TPSA) is 58.6 Å². The maximum atomic E-state index is 13.1. The molecule has 2 aromatic rings. The Morgan fingerprint density at radius 1 is 1.03 bits per heavy atom. The van der Waals surface area contributed by atoms with Crippen LogP contribution in [0.15, 0.2) is 42.5 Å². The highest BCUT2D eigenvalue weighted by atomic mass is 35.5. The quantitative estimate of drug-likeness (QED) is 0.530. The molecule has 0 aliphatic rings. The van der Waals surface area contributed by atoms with Gasteiger partial charge in [0.15, 0.2) is 6.61 Å². The minimum absolute atomic E-state index is 0.103. The molecule has 0 heterocycles. The number of halogens is 2. The number of hydrogen-bond donors (Lipinski definition) is 1.